The lowest BCUT2D eigenvalue weighted by atomic mass is 10.1. The van der Waals surface area contributed by atoms with E-state index in [1.165, 1.54) is 12.0 Å². The Bertz CT molecular complexity index is 743. The van der Waals surface area contributed by atoms with E-state index in [2.05, 4.69) is 31.1 Å². The van der Waals surface area contributed by atoms with E-state index in [9.17, 15) is 0 Å². The van der Waals surface area contributed by atoms with Crippen LogP contribution in [0.5, 0.6) is 0 Å². The lowest BCUT2D eigenvalue weighted by molar-refractivity contribution is 0.709. The molecule has 4 heterocycles. The van der Waals surface area contributed by atoms with Crippen molar-refractivity contribution in [1.82, 2.24) is 24.7 Å². The lowest BCUT2D eigenvalue weighted by Gasteiger charge is -2.25. The third kappa shape index (κ3) is 1.68. The summed E-state index contributed by atoms with van der Waals surface area (Å²) in [4.78, 5) is 14.3. The highest BCUT2D eigenvalue weighted by Gasteiger charge is 2.29. The Morgan fingerprint density at radius 2 is 2.30 bits per heavy atom. The summed E-state index contributed by atoms with van der Waals surface area (Å²) in [6.45, 7) is 1.02. The Balaban J connectivity index is 1.78. The van der Waals surface area contributed by atoms with Gasteiger partial charge in [0.15, 0.2) is 0 Å². The molecular weight excluding hydrogens is 252 g/mol. The van der Waals surface area contributed by atoms with Gasteiger partial charge in [-0.2, -0.15) is 5.10 Å². The summed E-state index contributed by atoms with van der Waals surface area (Å²) in [5.41, 5.74) is 2.15. The highest BCUT2D eigenvalue weighted by molar-refractivity contribution is 5.87. The number of aryl methyl sites for hydroxylation is 1. The van der Waals surface area contributed by atoms with E-state index in [-0.39, 0.29) is 0 Å². The number of aromatic nitrogens is 5. The van der Waals surface area contributed by atoms with Gasteiger partial charge in [-0.1, -0.05) is 0 Å². The molecule has 3 aromatic rings. The maximum atomic E-state index is 4.51. The average Bonchev–Trinajstić information content (AvgIpc) is 3.17. The maximum absolute atomic E-state index is 4.51. The smallest absolute Gasteiger partial charge is 0.142 e. The number of nitrogens with one attached hydrogen (secondary N) is 1. The van der Waals surface area contributed by atoms with Crippen LogP contribution in [0.2, 0.25) is 0 Å². The van der Waals surface area contributed by atoms with Crippen LogP contribution in [0.25, 0.3) is 11.0 Å². The van der Waals surface area contributed by atoms with E-state index >= 15 is 0 Å². The van der Waals surface area contributed by atoms with Gasteiger partial charge in [-0.3, -0.25) is 4.68 Å². The molecule has 6 nitrogen and oxygen atoms in total. The van der Waals surface area contributed by atoms with Gasteiger partial charge in [0.1, 0.15) is 17.8 Å². The van der Waals surface area contributed by atoms with Gasteiger partial charge in [-0.05, 0) is 18.9 Å². The van der Waals surface area contributed by atoms with Crippen LogP contribution >= 0.6 is 0 Å². The second-order valence-corrected chi connectivity index (χ2v) is 5.24. The van der Waals surface area contributed by atoms with Gasteiger partial charge in [0.25, 0.3) is 0 Å². The minimum atomic E-state index is 0.358. The van der Waals surface area contributed by atoms with Crippen molar-refractivity contribution in [2.75, 3.05) is 11.4 Å². The molecule has 102 valence electrons. The van der Waals surface area contributed by atoms with Gasteiger partial charge in [0.05, 0.1) is 17.6 Å². The lowest BCUT2D eigenvalue weighted by Crippen LogP contribution is -2.23. The molecular formula is C14H16N6. The van der Waals surface area contributed by atoms with Crippen LogP contribution in [0.1, 0.15) is 24.4 Å². The number of aromatic amines is 1. The van der Waals surface area contributed by atoms with E-state index in [0.29, 0.717) is 6.04 Å². The Morgan fingerprint density at radius 1 is 1.35 bits per heavy atom. The van der Waals surface area contributed by atoms with Crippen LogP contribution in [0.3, 0.4) is 0 Å². The van der Waals surface area contributed by atoms with Crippen LogP contribution in [0.4, 0.5) is 5.82 Å². The molecule has 0 amide bonds. The number of fused-ring (bicyclic) bond motifs is 1. The summed E-state index contributed by atoms with van der Waals surface area (Å²) in [6.07, 6.45) is 9.92. The standard InChI is InChI=1S/C14H16N6/c1-19-8-10(7-18-19)12-3-2-6-20(12)14-11-4-5-15-13(11)16-9-17-14/h4-5,7-9,12H,2-3,6H2,1H3,(H,15,16,17)/t12-/m0/s1. The fourth-order valence-electron chi connectivity index (χ4n) is 3.07. The quantitative estimate of drug-likeness (QED) is 0.772. The van der Waals surface area contributed by atoms with Crippen molar-refractivity contribution in [1.29, 1.82) is 0 Å². The zero-order valence-corrected chi connectivity index (χ0v) is 11.3. The highest BCUT2D eigenvalue weighted by atomic mass is 15.3. The number of nitrogens with zero attached hydrogens (tertiary/aromatic N) is 5. The first-order valence-corrected chi connectivity index (χ1v) is 6.86. The molecule has 0 aromatic carbocycles. The predicted molar refractivity (Wildman–Crippen MR) is 76.4 cm³/mol. The summed E-state index contributed by atoms with van der Waals surface area (Å²) in [7, 11) is 1.96. The Kier molecular flexibility index (Phi) is 2.48. The molecule has 1 fully saturated rings. The van der Waals surface area contributed by atoms with E-state index < -0.39 is 0 Å². The van der Waals surface area contributed by atoms with E-state index in [4.69, 9.17) is 0 Å². The maximum Gasteiger partial charge on any atom is 0.142 e. The molecule has 4 rings (SSSR count). The summed E-state index contributed by atoms with van der Waals surface area (Å²) < 4.78 is 1.86. The van der Waals surface area contributed by atoms with Gasteiger partial charge in [-0.15, -0.1) is 0 Å². The van der Waals surface area contributed by atoms with Gasteiger partial charge in [0, 0.05) is 31.5 Å². The Morgan fingerprint density at radius 3 is 3.15 bits per heavy atom. The van der Waals surface area contributed by atoms with Crippen molar-refractivity contribution in [2.24, 2.45) is 7.05 Å². The summed E-state index contributed by atoms with van der Waals surface area (Å²) >= 11 is 0. The first-order valence-electron chi connectivity index (χ1n) is 6.86. The molecule has 1 saturated heterocycles. The molecule has 3 aromatic heterocycles. The third-order valence-electron chi connectivity index (χ3n) is 3.97. The van der Waals surface area contributed by atoms with E-state index in [0.717, 1.165) is 29.8 Å². The molecule has 0 radical (unpaired) electrons. The molecule has 20 heavy (non-hydrogen) atoms. The molecule has 1 aliphatic heterocycles. The number of hydrogen-bond donors (Lipinski definition) is 1. The van der Waals surface area contributed by atoms with Gasteiger partial charge < -0.3 is 9.88 Å². The molecule has 0 unspecified atom stereocenters. The van der Waals surface area contributed by atoms with Crippen molar-refractivity contribution in [3.63, 3.8) is 0 Å². The van der Waals surface area contributed by atoms with Crippen LogP contribution in [0.15, 0.2) is 31.0 Å². The molecule has 0 saturated carbocycles. The summed E-state index contributed by atoms with van der Waals surface area (Å²) in [6, 6.07) is 2.40. The third-order valence-corrected chi connectivity index (χ3v) is 3.97. The molecule has 1 atom stereocenters. The molecule has 0 aliphatic carbocycles. The fraction of sp³-hybridized carbons (Fsp3) is 0.357. The van der Waals surface area contributed by atoms with Gasteiger partial charge >= 0.3 is 0 Å². The van der Waals surface area contributed by atoms with Crippen molar-refractivity contribution in [3.05, 3.63) is 36.5 Å². The average molecular weight is 268 g/mol. The van der Waals surface area contributed by atoms with Gasteiger partial charge in [0.2, 0.25) is 0 Å². The number of anilines is 1. The number of hydrogen-bond acceptors (Lipinski definition) is 4. The van der Waals surface area contributed by atoms with Crippen LogP contribution < -0.4 is 4.90 Å². The SMILES string of the molecule is Cn1cc([C@@H]2CCCN2c2ncnc3[nH]ccc23)cn1. The predicted octanol–water partition coefficient (Wildman–Crippen LogP) is 2.03. The minimum Gasteiger partial charge on any atom is -0.349 e. The molecule has 6 heteroatoms. The van der Waals surface area contributed by atoms with Gasteiger partial charge in [-0.25, -0.2) is 9.97 Å². The van der Waals surface area contributed by atoms with Crippen LogP contribution in [0, 0.1) is 0 Å². The van der Waals surface area contributed by atoms with Crippen molar-refractivity contribution in [2.45, 2.75) is 18.9 Å². The fourth-order valence-corrected chi connectivity index (χ4v) is 3.07. The topological polar surface area (TPSA) is 62.6 Å². The number of H-pyrrole nitrogens is 1. The second kappa shape index (κ2) is 4.33. The van der Waals surface area contributed by atoms with Crippen molar-refractivity contribution < 1.29 is 0 Å². The Hall–Kier alpha value is -2.37. The highest BCUT2D eigenvalue weighted by Crippen LogP contribution is 2.37. The van der Waals surface area contributed by atoms with Crippen molar-refractivity contribution in [3.8, 4) is 0 Å². The summed E-state index contributed by atoms with van der Waals surface area (Å²) in [5, 5.41) is 5.38. The zero-order chi connectivity index (χ0) is 13.5. The molecule has 1 N–H and O–H groups in total. The Labute approximate surface area is 116 Å². The first-order chi connectivity index (χ1) is 9.83. The van der Waals surface area contributed by atoms with Crippen LogP contribution in [-0.4, -0.2) is 31.3 Å². The van der Waals surface area contributed by atoms with Crippen molar-refractivity contribution >= 4 is 16.9 Å². The normalized spacial score (nSPS) is 19.1. The minimum absolute atomic E-state index is 0.358. The molecule has 1 aliphatic rings. The largest absolute Gasteiger partial charge is 0.349 e. The second-order valence-electron chi connectivity index (χ2n) is 5.24. The number of rotatable bonds is 2. The monoisotopic (exact) mass is 268 g/mol. The molecule has 0 spiro atoms. The molecule has 0 bridgehead atoms. The zero-order valence-electron chi connectivity index (χ0n) is 11.3. The van der Waals surface area contributed by atoms with E-state index in [1.54, 1.807) is 6.33 Å². The first kappa shape index (κ1) is 11.5. The van der Waals surface area contributed by atoms with E-state index in [1.807, 2.05) is 30.2 Å². The van der Waals surface area contributed by atoms with Crippen LogP contribution in [-0.2, 0) is 7.05 Å². The summed E-state index contributed by atoms with van der Waals surface area (Å²) in [5.74, 6) is 1.02.